The van der Waals surface area contributed by atoms with Gasteiger partial charge in [-0.25, -0.2) is 4.99 Å². The number of amides is 1. The minimum atomic E-state index is -1.14. The van der Waals surface area contributed by atoms with Crippen LogP contribution in [0.15, 0.2) is 114 Å². The number of rotatable bonds is 8. The molecule has 6 rings (SSSR count). The van der Waals surface area contributed by atoms with Crippen LogP contribution in [-0.4, -0.2) is 35.7 Å². The lowest BCUT2D eigenvalue weighted by atomic mass is 9.78. The second-order valence-electron chi connectivity index (χ2n) is 9.88. The molecule has 0 aliphatic carbocycles. The number of carbonyl (C=O) groups is 1. The van der Waals surface area contributed by atoms with Crippen LogP contribution < -0.4 is 9.64 Å². The molecule has 0 unspecified atom stereocenters. The van der Waals surface area contributed by atoms with Gasteiger partial charge in [0.1, 0.15) is 5.75 Å². The maximum atomic E-state index is 14.6. The van der Waals surface area contributed by atoms with Crippen LogP contribution in [0.3, 0.4) is 0 Å². The van der Waals surface area contributed by atoms with Crippen molar-refractivity contribution in [2.24, 2.45) is 4.99 Å². The molecular weight excluding hydrogens is 488 g/mol. The van der Waals surface area contributed by atoms with Crippen molar-refractivity contribution in [2.45, 2.75) is 31.0 Å². The zero-order valence-corrected chi connectivity index (χ0v) is 21.6. The van der Waals surface area contributed by atoms with E-state index in [9.17, 15) is 4.79 Å². The van der Waals surface area contributed by atoms with E-state index in [2.05, 4.69) is 6.07 Å². The van der Waals surface area contributed by atoms with E-state index in [1.807, 2.05) is 108 Å². The average molecular weight is 519 g/mol. The summed E-state index contributed by atoms with van der Waals surface area (Å²) in [5, 5.41) is 9.01. The summed E-state index contributed by atoms with van der Waals surface area (Å²) >= 11 is 0. The summed E-state index contributed by atoms with van der Waals surface area (Å²) in [6.07, 6.45) is 0.439. The van der Waals surface area contributed by atoms with Gasteiger partial charge in [-0.2, -0.15) is 0 Å². The third-order valence-electron chi connectivity index (χ3n) is 7.28. The van der Waals surface area contributed by atoms with Crippen LogP contribution in [0.25, 0.3) is 0 Å². The zero-order valence-electron chi connectivity index (χ0n) is 21.6. The van der Waals surface area contributed by atoms with Crippen LogP contribution in [0, 0.1) is 0 Å². The molecule has 39 heavy (non-hydrogen) atoms. The van der Waals surface area contributed by atoms with Crippen molar-refractivity contribution in [3.05, 3.63) is 131 Å². The number of benzene rings is 4. The molecule has 0 radical (unpaired) electrons. The van der Waals surface area contributed by atoms with Gasteiger partial charge >= 0.3 is 0 Å². The lowest BCUT2D eigenvalue weighted by molar-refractivity contribution is -0.126. The smallest absolute Gasteiger partial charge is 0.259 e. The third kappa shape index (κ3) is 4.79. The minimum absolute atomic E-state index is 0.0714. The molecule has 2 aliphatic rings. The molecule has 4 aromatic rings. The van der Waals surface area contributed by atoms with Crippen LogP contribution in [-0.2, 0) is 22.5 Å². The molecule has 2 aliphatic heterocycles. The standard InChI is InChI=1S/C33H30N2O4/c36-20-9-21-38-28-18-16-26(17-19-28)31-34-33(30(39-31)25-12-5-2-6-13-25)22-27-14-7-8-15-29(27)35(32(33)37)23-24-10-3-1-4-11-24/h1-8,10-19,30,36H,9,20-23H2/t30-,33-/m0/s1. The second-order valence-corrected chi connectivity index (χ2v) is 9.88. The van der Waals surface area contributed by atoms with Gasteiger partial charge < -0.3 is 19.5 Å². The van der Waals surface area contributed by atoms with E-state index in [1.165, 1.54) is 0 Å². The van der Waals surface area contributed by atoms with Gasteiger partial charge in [0.25, 0.3) is 5.91 Å². The first-order valence-corrected chi connectivity index (χ1v) is 13.3. The number of aliphatic imine (C=N–C) groups is 1. The Morgan fingerprint density at radius 2 is 1.59 bits per heavy atom. The molecule has 4 aromatic carbocycles. The third-order valence-corrected chi connectivity index (χ3v) is 7.28. The van der Waals surface area contributed by atoms with E-state index in [1.54, 1.807) is 0 Å². The van der Waals surface area contributed by atoms with Gasteiger partial charge in [-0.3, -0.25) is 4.79 Å². The normalized spacial score (nSPS) is 19.9. The quantitative estimate of drug-likeness (QED) is 0.313. The van der Waals surface area contributed by atoms with Gasteiger partial charge in [0.2, 0.25) is 5.90 Å². The van der Waals surface area contributed by atoms with Crippen LogP contribution >= 0.6 is 0 Å². The van der Waals surface area contributed by atoms with E-state index < -0.39 is 11.6 Å². The molecule has 0 bridgehead atoms. The van der Waals surface area contributed by atoms with Gasteiger partial charge in [0, 0.05) is 30.7 Å². The molecule has 6 nitrogen and oxygen atoms in total. The molecule has 0 saturated carbocycles. The second kappa shape index (κ2) is 10.8. The van der Waals surface area contributed by atoms with Crippen molar-refractivity contribution in [3.8, 4) is 5.75 Å². The van der Waals surface area contributed by atoms with E-state index in [0.717, 1.165) is 27.9 Å². The number of anilines is 1. The van der Waals surface area contributed by atoms with Gasteiger partial charge in [-0.1, -0.05) is 78.9 Å². The molecule has 6 heteroatoms. The SMILES string of the molecule is O=C1N(Cc2ccccc2)c2ccccc2C[C@@]12N=C(c1ccc(OCCCO)cc1)O[C@H]2c1ccccc1. The van der Waals surface area contributed by atoms with Gasteiger partial charge in [-0.15, -0.1) is 0 Å². The molecular formula is C33H30N2O4. The highest BCUT2D eigenvalue weighted by Gasteiger charge is 2.57. The molecule has 2 heterocycles. The van der Waals surface area contributed by atoms with E-state index >= 15 is 0 Å². The fraction of sp³-hybridized carbons (Fsp3) is 0.212. The molecule has 2 atom stereocenters. The topological polar surface area (TPSA) is 71.4 Å². The highest BCUT2D eigenvalue weighted by Crippen LogP contribution is 2.48. The van der Waals surface area contributed by atoms with Gasteiger partial charge in [-0.05, 0) is 47.0 Å². The molecule has 0 aromatic heterocycles. The summed E-state index contributed by atoms with van der Waals surface area (Å²) in [5.74, 6) is 1.08. The fourth-order valence-electron chi connectivity index (χ4n) is 5.38. The zero-order chi connectivity index (χ0) is 26.7. The van der Waals surface area contributed by atoms with E-state index in [-0.39, 0.29) is 12.5 Å². The number of hydrogen-bond donors (Lipinski definition) is 1. The van der Waals surface area contributed by atoms with Crippen molar-refractivity contribution >= 4 is 17.5 Å². The van der Waals surface area contributed by atoms with Crippen molar-refractivity contribution in [2.75, 3.05) is 18.1 Å². The monoisotopic (exact) mass is 518 g/mol. The highest BCUT2D eigenvalue weighted by molar-refractivity contribution is 6.08. The predicted octanol–water partition coefficient (Wildman–Crippen LogP) is 5.49. The number of fused-ring (bicyclic) bond motifs is 1. The Labute approximate surface area is 228 Å². The van der Waals surface area contributed by atoms with Crippen LogP contribution in [0.2, 0.25) is 0 Å². The lowest BCUT2D eigenvalue weighted by Gasteiger charge is -2.41. The largest absolute Gasteiger partial charge is 0.494 e. The Kier molecular flexibility index (Phi) is 6.86. The lowest BCUT2D eigenvalue weighted by Crippen LogP contribution is -2.54. The summed E-state index contributed by atoms with van der Waals surface area (Å²) in [6, 6.07) is 35.5. The Morgan fingerprint density at radius 3 is 2.33 bits per heavy atom. The Hall–Kier alpha value is -4.42. The van der Waals surface area contributed by atoms with Crippen LogP contribution in [0.5, 0.6) is 5.75 Å². The first kappa shape index (κ1) is 24.9. The number of nitrogens with zero attached hydrogens (tertiary/aromatic N) is 2. The molecule has 0 saturated heterocycles. The maximum Gasteiger partial charge on any atom is 0.259 e. The summed E-state index contributed by atoms with van der Waals surface area (Å²) in [6.45, 7) is 0.979. The number of carbonyl (C=O) groups excluding carboxylic acids is 1. The number of hydrogen-bond acceptors (Lipinski definition) is 5. The Bertz CT molecular complexity index is 1470. The first-order chi connectivity index (χ1) is 19.2. The predicted molar refractivity (Wildman–Crippen MR) is 151 cm³/mol. The van der Waals surface area contributed by atoms with E-state index in [0.29, 0.717) is 37.6 Å². The first-order valence-electron chi connectivity index (χ1n) is 13.3. The number of aliphatic hydroxyl groups is 1. The Balaban J connectivity index is 1.42. The van der Waals surface area contributed by atoms with Crippen LogP contribution in [0.4, 0.5) is 5.69 Å². The minimum Gasteiger partial charge on any atom is -0.494 e. The van der Waals surface area contributed by atoms with E-state index in [4.69, 9.17) is 19.6 Å². The summed E-state index contributed by atoms with van der Waals surface area (Å²) in [4.78, 5) is 21.5. The van der Waals surface area contributed by atoms with Crippen molar-refractivity contribution in [1.82, 2.24) is 0 Å². The summed E-state index contributed by atoms with van der Waals surface area (Å²) in [5.41, 5.74) is 3.58. The molecule has 1 N–H and O–H groups in total. The highest BCUT2D eigenvalue weighted by atomic mass is 16.5. The number of ether oxygens (including phenoxy) is 2. The Morgan fingerprint density at radius 1 is 0.897 bits per heavy atom. The van der Waals surface area contributed by atoms with Gasteiger partial charge in [0.05, 0.1) is 13.2 Å². The molecule has 1 spiro atoms. The summed E-state index contributed by atoms with van der Waals surface area (Å²) < 4.78 is 12.3. The number of aliphatic hydroxyl groups excluding tert-OH is 1. The number of para-hydroxylation sites is 1. The molecule has 0 fully saturated rings. The van der Waals surface area contributed by atoms with Crippen LogP contribution in [0.1, 0.15) is 34.8 Å². The van der Waals surface area contributed by atoms with Crippen molar-refractivity contribution in [3.63, 3.8) is 0 Å². The van der Waals surface area contributed by atoms with Crippen molar-refractivity contribution < 1.29 is 19.4 Å². The summed E-state index contributed by atoms with van der Waals surface area (Å²) in [7, 11) is 0. The van der Waals surface area contributed by atoms with Crippen molar-refractivity contribution in [1.29, 1.82) is 0 Å². The fourth-order valence-corrected chi connectivity index (χ4v) is 5.38. The molecule has 1 amide bonds. The average Bonchev–Trinajstić information content (AvgIpc) is 3.37. The maximum absolute atomic E-state index is 14.6. The van der Waals surface area contributed by atoms with Gasteiger partial charge in [0.15, 0.2) is 11.6 Å². The molecule has 196 valence electrons.